The lowest BCUT2D eigenvalue weighted by atomic mass is 9.98. The van der Waals surface area contributed by atoms with Gasteiger partial charge in [0.1, 0.15) is 24.4 Å². The summed E-state index contributed by atoms with van der Waals surface area (Å²) in [4.78, 5) is 0. The largest absolute Gasteiger partial charge is 0.523 e. The van der Waals surface area contributed by atoms with Gasteiger partial charge < -0.3 is 23.7 Å². The Balaban J connectivity index is 1.64. The zero-order chi connectivity index (χ0) is 29.3. The topological polar surface area (TPSA) is 89.5 Å². The summed E-state index contributed by atoms with van der Waals surface area (Å²) in [7, 11) is -4.79. The SMILES string of the molecule is CO[C@H]1O[C@H](COCc2ccccc2)[C@@H](OCc2ccccc2)[C@H](OS(=O)(=O)C(F)(F)F)[C@@H]1OCc1ccccc1. The van der Waals surface area contributed by atoms with Crippen LogP contribution in [-0.4, -0.2) is 58.3 Å². The van der Waals surface area contributed by atoms with Crippen LogP contribution in [0.1, 0.15) is 16.7 Å². The molecule has 0 unspecified atom stereocenters. The van der Waals surface area contributed by atoms with Crippen molar-refractivity contribution in [3.8, 4) is 0 Å². The highest BCUT2D eigenvalue weighted by molar-refractivity contribution is 7.87. The van der Waals surface area contributed by atoms with Crippen LogP contribution in [0.2, 0.25) is 0 Å². The monoisotopic (exact) mass is 596 g/mol. The van der Waals surface area contributed by atoms with Crippen molar-refractivity contribution in [3.63, 3.8) is 0 Å². The van der Waals surface area contributed by atoms with Crippen LogP contribution in [0.15, 0.2) is 91.0 Å². The summed E-state index contributed by atoms with van der Waals surface area (Å²) in [6, 6.07) is 26.9. The Morgan fingerprint density at radius 3 is 1.63 bits per heavy atom. The molecule has 0 aliphatic carbocycles. The second kappa shape index (κ2) is 14.4. The van der Waals surface area contributed by atoms with Gasteiger partial charge in [-0.3, -0.25) is 4.18 Å². The molecular weight excluding hydrogens is 565 g/mol. The van der Waals surface area contributed by atoms with Gasteiger partial charge in [-0.1, -0.05) is 91.0 Å². The van der Waals surface area contributed by atoms with Crippen molar-refractivity contribution in [2.45, 2.75) is 56.0 Å². The molecule has 0 N–H and O–H groups in total. The number of halogens is 3. The lowest BCUT2D eigenvalue weighted by Crippen LogP contribution is -2.62. The van der Waals surface area contributed by atoms with Gasteiger partial charge in [-0.2, -0.15) is 21.6 Å². The third-order valence-corrected chi connectivity index (χ3v) is 7.35. The second-order valence-corrected chi connectivity index (χ2v) is 10.8. The van der Waals surface area contributed by atoms with Gasteiger partial charge in [0.2, 0.25) is 0 Å². The summed E-state index contributed by atoms with van der Waals surface area (Å²) in [6.07, 6.45) is -6.93. The fourth-order valence-corrected chi connectivity index (χ4v) is 4.91. The number of hydrogen-bond donors (Lipinski definition) is 0. The molecule has 3 aromatic rings. The van der Waals surface area contributed by atoms with Crippen molar-refractivity contribution in [1.82, 2.24) is 0 Å². The van der Waals surface area contributed by atoms with Crippen LogP contribution in [-0.2, 0) is 57.8 Å². The summed E-state index contributed by atoms with van der Waals surface area (Å²) in [5.41, 5.74) is -3.44. The zero-order valence-electron chi connectivity index (χ0n) is 22.2. The van der Waals surface area contributed by atoms with E-state index in [4.69, 9.17) is 27.9 Å². The molecule has 3 aromatic carbocycles. The standard InChI is InChI=1S/C29H31F3O8S/c1-35-28-27(38-19-23-15-9-4-10-16-23)26(40-41(33,34)29(30,31)32)25(37-18-22-13-7-3-8-14-22)24(39-28)20-36-17-21-11-5-2-6-12-21/h2-16,24-28H,17-20H2,1H3/t24-,25-,26+,27+,28+/m1/s1. The van der Waals surface area contributed by atoms with Crippen LogP contribution in [0.25, 0.3) is 0 Å². The normalized spacial score (nSPS) is 23.4. The lowest BCUT2D eigenvalue weighted by Gasteiger charge is -2.45. The fourth-order valence-electron chi connectivity index (χ4n) is 4.29. The molecule has 0 radical (unpaired) electrons. The lowest BCUT2D eigenvalue weighted by molar-refractivity contribution is -0.311. The van der Waals surface area contributed by atoms with E-state index in [0.29, 0.717) is 11.1 Å². The van der Waals surface area contributed by atoms with E-state index in [0.717, 1.165) is 5.56 Å². The fraction of sp³-hybridized carbons (Fsp3) is 0.379. The van der Waals surface area contributed by atoms with Crippen molar-refractivity contribution in [2.24, 2.45) is 0 Å². The van der Waals surface area contributed by atoms with Crippen molar-refractivity contribution in [1.29, 1.82) is 0 Å². The highest BCUT2D eigenvalue weighted by Crippen LogP contribution is 2.35. The van der Waals surface area contributed by atoms with Gasteiger partial charge in [-0.25, -0.2) is 0 Å². The summed E-state index contributed by atoms with van der Waals surface area (Å²) in [5.74, 6) is 0. The molecule has 12 heteroatoms. The van der Waals surface area contributed by atoms with E-state index < -0.39 is 46.3 Å². The van der Waals surface area contributed by atoms with Crippen molar-refractivity contribution in [3.05, 3.63) is 108 Å². The van der Waals surface area contributed by atoms with Gasteiger partial charge in [-0.15, -0.1) is 0 Å². The van der Waals surface area contributed by atoms with E-state index in [1.807, 2.05) is 30.3 Å². The molecule has 4 rings (SSSR count). The summed E-state index contributed by atoms with van der Waals surface area (Å²) in [6.45, 7) is -0.143. The second-order valence-electron chi connectivity index (χ2n) is 9.26. The molecule has 1 aliphatic heterocycles. The van der Waals surface area contributed by atoms with Crippen molar-refractivity contribution < 1.29 is 49.5 Å². The molecule has 1 fully saturated rings. The Labute approximate surface area is 237 Å². The number of benzene rings is 3. The average Bonchev–Trinajstić information content (AvgIpc) is 2.97. The Bertz CT molecular complexity index is 1290. The van der Waals surface area contributed by atoms with E-state index in [1.165, 1.54) is 7.11 Å². The molecule has 1 saturated heterocycles. The van der Waals surface area contributed by atoms with E-state index in [2.05, 4.69) is 0 Å². The Morgan fingerprint density at radius 1 is 0.707 bits per heavy atom. The average molecular weight is 597 g/mol. The van der Waals surface area contributed by atoms with Gasteiger partial charge in [-0.05, 0) is 16.7 Å². The summed E-state index contributed by atoms with van der Waals surface area (Å²) >= 11 is 0. The van der Waals surface area contributed by atoms with Gasteiger partial charge in [0.05, 0.1) is 26.4 Å². The van der Waals surface area contributed by atoms with Crippen LogP contribution in [0.4, 0.5) is 13.2 Å². The molecule has 8 nitrogen and oxygen atoms in total. The van der Waals surface area contributed by atoms with Crippen LogP contribution in [0.5, 0.6) is 0 Å². The quantitative estimate of drug-likeness (QED) is 0.202. The van der Waals surface area contributed by atoms with E-state index in [9.17, 15) is 21.6 Å². The molecule has 5 atom stereocenters. The minimum absolute atomic E-state index is 0.0704. The van der Waals surface area contributed by atoms with Crippen molar-refractivity contribution >= 4 is 10.1 Å². The van der Waals surface area contributed by atoms with E-state index in [-0.39, 0.29) is 26.4 Å². The molecule has 1 aliphatic rings. The van der Waals surface area contributed by atoms with Crippen LogP contribution < -0.4 is 0 Å². The molecule has 222 valence electrons. The highest BCUT2D eigenvalue weighted by atomic mass is 32.2. The third kappa shape index (κ3) is 8.58. The Kier molecular flexibility index (Phi) is 10.9. The number of methoxy groups -OCH3 is 1. The maximum Gasteiger partial charge on any atom is 0.523 e. The van der Waals surface area contributed by atoms with Crippen LogP contribution >= 0.6 is 0 Å². The first-order valence-corrected chi connectivity index (χ1v) is 14.2. The predicted molar refractivity (Wildman–Crippen MR) is 142 cm³/mol. The number of rotatable bonds is 13. The van der Waals surface area contributed by atoms with Crippen molar-refractivity contribution in [2.75, 3.05) is 13.7 Å². The minimum Gasteiger partial charge on any atom is -0.374 e. The first-order chi connectivity index (χ1) is 19.7. The minimum atomic E-state index is -6.06. The molecule has 1 heterocycles. The van der Waals surface area contributed by atoms with Crippen LogP contribution in [0, 0.1) is 0 Å². The molecule has 0 spiro atoms. The number of ether oxygens (including phenoxy) is 5. The first-order valence-electron chi connectivity index (χ1n) is 12.8. The van der Waals surface area contributed by atoms with Gasteiger partial charge in [0.15, 0.2) is 6.29 Å². The zero-order valence-corrected chi connectivity index (χ0v) is 23.0. The van der Waals surface area contributed by atoms with Gasteiger partial charge in [0, 0.05) is 7.11 Å². The maximum absolute atomic E-state index is 13.5. The van der Waals surface area contributed by atoms with E-state index in [1.54, 1.807) is 60.7 Å². The first kappa shape index (κ1) is 31.1. The molecule has 0 saturated carbocycles. The molecular formula is C29H31F3O8S. The molecule has 41 heavy (non-hydrogen) atoms. The molecule has 0 amide bonds. The predicted octanol–water partition coefficient (Wildman–Crippen LogP) is 4.98. The van der Waals surface area contributed by atoms with Crippen LogP contribution in [0.3, 0.4) is 0 Å². The maximum atomic E-state index is 13.5. The summed E-state index contributed by atoms with van der Waals surface area (Å²) < 4.78 is 99.3. The molecule has 0 bridgehead atoms. The highest BCUT2D eigenvalue weighted by Gasteiger charge is 2.56. The Hall–Kier alpha value is -2.84. The number of hydrogen-bond acceptors (Lipinski definition) is 8. The number of alkyl halides is 3. The summed E-state index contributed by atoms with van der Waals surface area (Å²) in [5, 5.41) is 0. The van der Waals surface area contributed by atoms with Gasteiger partial charge in [0.25, 0.3) is 0 Å². The van der Waals surface area contributed by atoms with Gasteiger partial charge >= 0.3 is 15.6 Å². The van der Waals surface area contributed by atoms with E-state index >= 15 is 0 Å². The Morgan fingerprint density at radius 2 is 1.17 bits per heavy atom. The smallest absolute Gasteiger partial charge is 0.374 e. The third-order valence-electron chi connectivity index (χ3n) is 6.31. The molecule has 0 aromatic heterocycles.